The van der Waals surface area contributed by atoms with Crippen molar-refractivity contribution in [1.29, 1.82) is 5.41 Å². The van der Waals surface area contributed by atoms with Gasteiger partial charge in [0.1, 0.15) is 6.04 Å². The van der Waals surface area contributed by atoms with Crippen LogP contribution in [0.2, 0.25) is 0 Å². The molecule has 0 aromatic rings. The van der Waals surface area contributed by atoms with E-state index in [0.29, 0.717) is 32.5 Å². The van der Waals surface area contributed by atoms with Gasteiger partial charge in [-0.1, -0.05) is 30.9 Å². The lowest BCUT2D eigenvalue weighted by Crippen LogP contribution is -2.46. The number of carbonyl (C=O) groups excluding carboxylic acids is 2. The van der Waals surface area contributed by atoms with E-state index in [4.69, 9.17) is 16.9 Å². The van der Waals surface area contributed by atoms with E-state index in [-0.39, 0.29) is 30.1 Å². The fourth-order valence-electron chi connectivity index (χ4n) is 4.01. The van der Waals surface area contributed by atoms with E-state index in [1.165, 1.54) is 0 Å². The molecule has 0 aromatic carbocycles. The summed E-state index contributed by atoms with van der Waals surface area (Å²) < 4.78 is 0. The third-order valence-corrected chi connectivity index (χ3v) is 5.74. The predicted octanol–water partition coefficient (Wildman–Crippen LogP) is -0.115. The summed E-state index contributed by atoms with van der Waals surface area (Å²) in [4.78, 5) is 37.5. The Labute approximate surface area is 176 Å². The Morgan fingerprint density at radius 1 is 1.27 bits per heavy atom. The van der Waals surface area contributed by atoms with Gasteiger partial charge in [-0.3, -0.25) is 15.0 Å². The van der Waals surface area contributed by atoms with Gasteiger partial charge in [-0.2, -0.15) is 0 Å². The van der Waals surface area contributed by atoms with Gasteiger partial charge in [-0.25, -0.2) is 4.79 Å². The highest BCUT2D eigenvalue weighted by Gasteiger charge is 2.30. The van der Waals surface area contributed by atoms with Gasteiger partial charge in [-0.05, 0) is 31.6 Å². The molecule has 2 rings (SSSR count). The highest BCUT2D eigenvalue weighted by Crippen LogP contribution is 2.26. The highest BCUT2D eigenvalue weighted by molar-refractivity contribution is 5.84. The van der Waals surface area contributed by atoms with Crippen LogP contribution in [0.3, 0.4) is 0 Å². The van der Waals surface area contributed by atoms with Crippen LogP contribution in [-0.2, 0) is 14.4 Å². The van der Waals surface area contributed by atoms with Crippen LogP contribution in [0.5, 0.6) is 0 Å². The van der Waals surface area contributed by atoms with Crippen molar-refractivity contribution in [2.24, 2.45) is 17.4 Å². The minimum Gasteiger partial charge on any atom is -0.480 e. The number of nitrogens with two attached hydrogens (primary N) is 2. The second-order valence-electron chi connectivity index (χ2n) is 8.11. The van der Waals surface area contributed by atoms with Gasteiger partial charge >= 0.3 is 5.97 Å². The third-order valence-electron chi connectivity index (χ3n) is 5.74. The van der Waals surface area contributed by atoms with Crippen LogP contribution in [0.1, 0.15) is 51.4 Å². The summed E-state index contributed by atoms with van der Waals surface area (Å²) >= 11 is 0. The number of nitrogens with one attached hydrogen (secondary N) is 3. The second-order valence-corrected chi connectivity index (χ2v) is 8.11. The Bertz CT molecular complexity index is 674. The van der Waals surface area contributed by atoms with Gasteiger partial charge in [0.05, 0.1) is 6.04 Å². The molecule has 0 bridgehead atoms. The summed E-state index contributed by atoms with van der Waals surface area (Å²) in [6.45, 7) is 1.34. The van der Waals surface area contributed by atoms with Crippen molar-refractivity contribution in [1.82, 2.24) is 15.5 Å². The first-order valence-corrected chi connectivity index (χ1v) is 10.6. The highest BCUT2D eigenvalue weighted by atomic mass is 16.4. The number of carbonyl (C=O) groups is 3. The molecule has 10 heteroatoms. The molecule has 2 atom stereocenters. The minimum absolute atomic E-state index is 0.00817. The van der Waals surface area contributed by atoms with E-state index in [1.54, 1.807) is 4.90 Å². The minimum atomic E-state index is -0.987. The number of carboxylic acid groups (broad SMARTS) is 1. The largest absolute Gasteiger partial charge is 0.480 e. The molecule has 1 fully saturated rings. The Morgan fingerprint density at radius 2 is 1.97 bits per heavy atom. The quantitative estimate of drug-likeness (QED) is 0.123. The maximum absolute atomic E-state index is 12.1. The van der Waals surface area contributed by atoms with Crippen LogP contribution >= 0.6 is 0 Å². The lowest BCUT2D eigenvalue weighted by molar-refractivity contribution is -0.143. The molecule has 2 amide bonds. The fourth-order valence-corrected chi connectivity index (χ4v) is 4.01. The Balaban J connectivity index is 1.64. The zero-order chi connectivity index (χ0) is 22.1. The normalized spacial score (nSPS) is 19.0. The van der Waals surface area contributed by atoms with E-state index in [0.717, 1.165) is 37.7 Å². The summed E-state index contributed by atoms with van der Waals surface area (Å²) in [6, 6.07) is -1.55. The maximum Gasteiger partial charge on any atom is 0.326 e. The van der Waals surface area contributed by atoms with Crippen molar-refractivity contribution in [3.63, 3.8) is 0 Å². The van der Waals surface area contributed by atoms with Crippen molar-refractivity contribution < 1.29 is 19.5 Å². The average molecular weight is 423 g/mol. The van der Waals surface area contributed by atoms with Gasteiger partial charge < -0.3 is 32.1 Å². The summed E-state index contributed by atoms with van der Waals surface area (Å²) in [5, 5.41) is 22.2. The fraction of sp³-hybridized carbons (Fsp3) is 0.700. The Hall–Kier alpha value is -2.62. The molecule has 1 aliphatic heterocycles. The third kappa shape index (κ3) is 7.33. The molecule has 0 spiro atoms. The van der Waals surface area contributed by atoms with Crippen molar-refractivity contribution >= 4 is 23.7 Å². The maximum atomic E-state index is 12.1. The van der Waals surface area contributed by atoms with Crippen LogP contribution in [0.4, 0.5) is 0 Å². The van der Waals surface area contributed by atoms with Crippen LogP contribution in [0.25, 0.3) is 0 Å². The molecule has 8 N–H and O–H groups in total. The van der Waals surface area contributed by atoms with Crippen molar-refractivity contribution in [2.45, 2.75) is 63.5 Å². The number of hydrogen-bond acceptors (Lipinski definition) is 5. The SMILES string of the molecule is N=C(N)N1CC=C(CC(N)C(=O)NCCCC(=O)NC(C(=O)O)C2CCCCC2)C1. The smallest absolute Gasteiger partial charge is 0.326 e. The number of hydrogen-bond donors (Lipinski definition) is 6. The number of amides is 2. The number of guanidine groups is 1. The van der Waals surface area contributed by atoms with E-state index in [2.05, 4.69) is 10.6 Å². The molecular formula is C20H34N6O4. The van der Waals surface area contributed by atoms with E-state index < -0.39 is 18.1 Å². The Kier molecular flexibility index (Phi) is 9.10. The molecule has 10 nitrogen and oxygen atoms in total. The van der Waals surface area contributed by atoms with Gasteiger partial charge in [0.15, 0.2) is 5.96 Å². The first-order valence-electron chi connectivity index (χ1n) is 10.6. The molecule has 0 aromatic heterocycles. The molecule has 168 valence electrons. The molecule has 2 aliphatic rings. The zero-order valence-corrected chi connectivity index (χ0v) is 17.4. The van der Waals surface area contributed by atoms with Crippen LogP contribution in [0, 0.1) is 11.3 Å². The number of nitrogens with zero attached hydrogens (tertiary/aromatic N) is 1. The van der Waals surface area contributed by atoms with Gasteiger partial charge in [0.25, 0.3) is 0 Å². The first-order chi connectivity index (χ1) is 14.3. The number of aliphatic carboxylic acids is 1. The Morgan fingerprint density at radius 3 is 2.57 bits per heavy atom. The number of rotatable bonds is 10. The van der Waals surface area contributed by atoms with Crippen LogP contribution < -0.4 is 22.1 Å². The molecule has 2 unspecified atom stereocenters. The first kappa shape index (κ1) is 23.7. The second kappa shape index (κ2) is 11.5. The molecular weight excluding hydrogens is 388 g/mol. The summed E-state index contributed by atoms with van der Waals surface area (Å²) in [5.74, 6) is -1.62. The van der Waals surface area contributed by atoms with Crippen LogP contribution in [-0.4, -0.2) is 65.5 Å². The molecule has 30 heavy (non-hydrogen) atoms. The summed E-state index contributed by atoms with van der Waals surface area (Å²) in [6.07, 6.45) is 7.62. The standard InChI is InChI=1S/C20H34N6O4/c21-15(11-13-8-10-26(12-13)20(22)23)18(28)24-9-4-7-16(27)25-17(19(29)30)14-5-2-1-3-6-14/h8,14-15,17H,1-7,9-12,21H2,(H3,22,23)(H,24,28)(H,25,27)(H,29,30). The van der Waals surface area contributed by atoms with E-state index in [9.17, 15) is 19.5 Å². The molecule has 1 aliphatic carbocycles. The summed E-state index contributed by atoms with van der Waals surface area (Å²) in [5.41, 5.74) is 12.4. The monoisotopic (exact) mass is 422 g/mol. The zero-order valence-electron chi connectivity index (χ0n) is 17.4. The number of carboxylic acids is 1. The summed E-state index contributed by atoms with van der Waals surface area (Å²) in [7, 11) is 0. The lowest BCUT2D eigenvalue weighted by Gasteiger charge is -2.28. The van der Waals surface area contributed by atoms with Crippen molar-refractivity contribution in [2.75, 3.05) is 19.6 Å². The predicted molar refractivity (Wildman–Crippen MR) is 113 cm³/mol. The van der Waals surface area contributed by atoms with Gasteiger partial charge in [-0.15, -0.1) is 0 Å². The average Bonchev–Trinajstić information content (AvgIpc) is 3.18. The van der Waals surface area contributed by atoms with Crippen molar-refractivity contribution in [3.8, 4) is 0 Å². The molecule has 1 heterocycles. The van der Waals surface area contributed by atoms with Crippen molar-refractivity contribution in [3.05, 3.63) is 11.6 Å². The van der Waals surface area contributed by atoms with Gasteiger partial charge in [0, 0.05) is 26.1 Å². The molecule has 0 saturated heterocycles. The molecule has 0 radical (unpaired) electrons. The van der Waals surface area contributed by atoms with Gasteiger partial charge in [0.2, 0.25) is 11.8 Å². The van der Waals surface area contributed by atoms with E-state index in [1.807, 2.05) is 6.08 Å². The topological polar surface area (TPSA) is 175 Å². The van der Waals surface area contributed by atoms with Crippen LogP contribution in [0.15, 0.2) is 11.6 Å². The lowest BCUT2D eigenvalue weighted by atomic mass is 9.84. The van der Waals surface area contributed by atoms with E-state index >= 15 is 0 Å². The molecule has 1 saturated carbocycles.